The van der Waals surface area contributed by atoms with E-state index in [2.05, 4.69) is 29.0 Å². The molecule has 2 N–H and O–H groups in total. The van der Waals surface area contributed by atoms with Gasteiger partial charge in [-0.2, -0.15) is 0 Å². The van der Waals surface area contributed by atoms with E-state index in [-0.39, 0.29) is 5.91 Å². The van der Waals surface area contributed by atoms with Crippen LogP contribution in [0.5, 0.6) is 0 Å². The van der Waals surface area contributed by atoms with Gasteiger partial charge in [0.15, 0.2) is 0 Å². The summed E-state index contributed by atoms with van der Waals surface area (Å²) < 4.78 is 0. The Morgan fingerprint density at radius 3 is 2.41 bits per heavy atom. The Labute approximate surface area is 164 Å². The van der Waals surface area contributed by atoms with Crippen LogP contribution in [0.3, 0.4) is 0 Å². The molecule has 4 heteroatoms. The maximum Gasteiger partial charge on any atom is 0.248 e. The molecule has 0 spiro atoms. The molecule has 3 fully saturated rings. The smallest absolute Gasteiger partial charge is 0.248 e. The van der Waals surface area contributed by atoms with Crippen LogP contribution in [0.1, 0.15) is 79.6 Å². The van der Waals surface area contributed by atoms with Crippen molar-refractivity contribution in [3.63, 3.8) is 0 Å². The van der Waals surface area contributed by atoms with Crippen molar-refractivity contribution in [1.29, 1.82) is 0 Å². The fraction of sp³-hybridized carbons (Fsp3) is 0.696. The zero-order valence-corrected chi connectivity index (χ0v) is 16.8. The van der Waals surface area contributed by atoms with Gasteiger partial charge in [0, 0.05) is 36.8 Å². The molecule has 1 aromatic carbocycles. The van der Waals surface area contributed by atoms with Crippen LogP contribution in [0, 0.1) is 0 Å². The lowest BCUT2D eigenvalue weighted by Gasteiger charge is -2.41. The van der Waals surface area contributed by atoms with Gasteiger partial charge in [-0.3, -0.25) is 9.69 Å². The summed E-state index contributed by atoms with van der Waals surface area (Å²) in [5.41, 5.74) is 7.54. The molecule has 27 heavy (non-hydrogen) atoms. The minimum atomic E-state index is -0.283. The molecule has 2 unspecified atom stereocenters. The van der Waals surface area contributed by atoms with Gasteiger partial charge in [0.1, 0.15) is 0 Å². The van der Waals surface area contributed by atoms with Crippen LogP contribution in [0.25, 0.3) is 0 Å². The number of hydrogen-bond donors (Lipinski definition) is 1. The van der Waals surface area contributed by atoms with E-state index in [1.165, 1.54) is 76.4 Å². The van der Waals surface area contributed by atoms with Crippen LogP contribution in [-0.2, 0) is 0 Å². The van der Waals surface area contributed by atoms with Gasteiger partial charge < -0.3 is 10.6 Å². The molecule has 2 saturated heterocycles. The first-order valence-corrected chi connectivity index (χ1v) is 11.0. The quantitative estimate of drug-likeness (QED) is 0.830. The van der Waals surface area contributed by atoms with E-state index in [4.69, 9.17) is 5.73 Å². The Morgan fingerprint density at radius 2 is 1.74 bits per heavy atom. The normalized spacial score (nSPS) is 29.3. The van der Waals surface area contributed by atoms with Gasteiger partial charge in [0.2, 0.25) is 5.91 Å². The van der Waals surface area contributed by atoms with Crippen molar-refractivity contribution in [2.24, 2.45) is 5.73 Å². The van der Waals surface area contributed by atoms with Crippen molar-refractivity contribution in [3.05, 3.63) is 35.4 Å². The van der Waals surface area contributed by atoms with E-state index >= 15 is 0 Å². The molecule has 1 aromatic rings. The molecule has 1 aliphatic carbocycles. The molecule has 2 atom stereocenters. The van der Waals surface area contributed by atoms with E-state index in [0.29, 0.717) is 18.0 Å². The molecule has 3 aliphatic rings. The monoisotopic (exact) mass is 369 g/mol. The van der Waals surface area contributed by atoms with Gasteiger partial charge in [0.25, 0.3) is 0 Å². The average Bonchev–Trinajstić information content (AvgIpc) is 2.93. The van der Waals surface area contributed by atoms with Crippen molar-refractivity contribution in [2.75, 3.05) is 20.1 Å². The van der Waals surface area contributed by atoms with Gasteiger partial charge in [-0.1, -0.05) is 37.5 Å². The maximum atomic E-state index is 11.8. The van der Waals surface area contributed by atoms with Crippen LogP contribution >= 0.6 is 0 Å². The topological polar surface area (TPSA) is 49.6 Å². The molecular weight excluding hydrogens is 334 g/mol. The molecule has 4 nitrogen and oxygen atoms in total. The van der Waals surface area contributed by atoms with E-state index in [9.17, 15) is 4.79 Å². The van der Waals surface area contributed by atoms with E-state index in [1.54, 1.807) is 0 Å². The zero-order valence-electron chi connectivity index (χ0n) is 16.8. The Kier molecular flexibility index (Phi) is 5.84. The summed E-state index contributed by atoms with van der Waals surface area (Å²) in [5.74, 6) is 0.202. The molecule has 4 rings (SSSR count). The molecule has 2 aliphatic heterocycles. The van der Waals surface area contributed by atoms with Gasteiger partial charge in [0.05, 0.1) is 0 Å². The molecule has 148 valence electrons. The highest BCUT2D eigenvalue weighted by Gasteiger charge is 2.41. The summed E-state index contributed by atoms with van der Waals surface area (Å²) in [6.07, 6.45) is 12.0. The molecule has 1 amide bonds. The first-order valence-electron chi connectivity index (χ1n) is 11.0. The number of likely N-dealkylation sites (N-methyl/N-ethyl adjacent to an activating group) is 1. The van der Waals surface area contributed by atoms with E-state index in [0.717, 1.165) is 11.6 Å². The molecular formula is C23H35N3O. The standard InChI is InChI=1S/C23H35N3O/c1-25(18-7-3-2-4-8-18)13-14-26-19-11-12-20(26)16-17(15-19)21-9-5-6-10-22(21)23(24)27/h5-6,9-10,17-20H,2-4,7-8,11-16H2,1H3,(H2,24,27). The number of rotatable bonds is 6. The zero-order chi connectivity index (χ0) is 18.8. The number of amides is 1. The van der Waals surface area contributed by atoms with E-state index < -0.39 is 0 Å². The SMILES string of the molecule is CN(CCN1C2CCC1CC(c1ccccc1C(N)=O)C2)C1CCCCC1. The Hall–Kier alpha value is -1.39. The second-order valence-corrected chi connectivity index (χ2v) is 9.02. The lowest BCUT2D eigenvalue weighted by Crippen LogP contribution is -2.47. The number of fused-ring (bicyclic) bond motifs is 2. The molecule has 2 heterocycles. The van der Waals surface area contributed by atoms with Crippen LogP contribution in [0.4, 0.5) is 0 Å². The number of benzene rings is 1. The van der Waals surface area contributed by atoms with Gasteiger partial charge in [-0.05, 0) is 63.1 Å². The Balaban J connectivity index is 1.37. The minimum Gasteiger partial charge on any atom is -0.366 e. The van der Waals surface area contributed by atoms with E-state index in [1.807, 2.05) is 12.1 Å². The third-order valence-electron chi connectivity index (χ3n) is 7.46. The number of hydrogen-bond acceptors (Lipinski definition) is 3. The van der Waals surface area contributed by atoms with Crippen LogP contribution in [-0.4, -0.2) is 54.0 Å². The van der Waals surface area contributed by atoms with Crippen LogP contribution in [0.15, 0.2) is 24.3 Å². The summed E-state index contributed by atoms with van der Waals surface area (Å²) in [6, 6.07) is 10.1. The Bertz CT molecular complexity index is 641. The summed E-state index contributed by atoms with van der Waals surface area (Å²) in [6.45, 7) is 2.40. The summed E-state index contributed by atoms with van der Waals surface area (Å²) >= 11 is 0. The van der Waals surface area contributed by atoms with Crippen LogP contribution in [0.2, 0.25) is 0 Å². The van der Waals surface area contributed by atoms with Crippen molar-refractivity contribution in [3.8, 4) is 0 Å². The maximum absolute atomic E-state index is 11.8. The number of carbonyl (C=O) groups is 1. The fourth-order valence-electron chi connectivity index (χ4n) is 5.95. The summed E-state index contributed by atoms with van der Waals surface area (Å²) in [7, 11) is 2.33. The van der Waals surface area contributed by atoms with Crippen molar-refractivity contribution >= 4 is 5.91 Å². The third-order valence-corrected chi connectivity index (χ3v) is 7.46. The predicted molar refractivity (Wildman–Crippen MR) is 110 cm³/mol. The highest BCUT2D eigenvalue weighted by atomic mass is 16.1. The highest BCUT2D eigenvalue weighted by Crippen LogP contribution is 2.43. The summed E-state index contributed by atoms with van der Waals surface area (Å²) in [4.78, 5) is 17.2. The molecule has 0 aromatic heterocycles. The first kappa shape index (κ1) is 18.9. The number of nitrogens with zero attached hydrogens (tertiary/aromatic N) is 2. The van der Waals surface area contributed by atoms with Gasteiger partial charge in [-0.25, -0.2) is 0 Å². The van der Waals surface area contributed by atoms with Crippen molar-refractivity contribution in [2.45, 2.75) is 81.8 Å². The summed E-state index contributed by atoms with van der Waals surface area (Å²) in [5, 5.41) is 0. The van der Waals surface area contributed by atoms with Gasteiger partial charge >= 0.3 is 0 Å². The minimum absolute atomic E-state index is 0.283. The van der Waals surface area contributed by atoms with Crippen LogP contribution < -0.4 is 5.73 Å². The Morgan fingerprint density at radius 1 is 1.07 bits per heavy atom. The number of carbonyl (C=O) groups excluding carboxylic acids is 1. The third kappa shape index (κ3) is 4.07. The van der Waals surface area contributed by atoms with Crippen molar-refractivity contribution in [1.82, 2.24) is 9.80 Å². The number of primary amides is 1. The fourth-order valence-corrected chi connectivity index (χ4v) is 5.95. The second-order valence-electron chi connectivity index (χ2n) is 9.02. The molecule has 1 saturated carbocycles. The average molecular weight is 370 g/mol. The lowest BCUT2D eigenvalue weighted by molar-refractivity contribution is 0.0952. The first-order chi connectivity index (χ1) is 13.1. The predicted octanol–water partition coefficient (Wildman–Crippen LogP) is 3.76. The molecule has 0 radical (unpaired) electrons. The lowest BCUT2D eigenvalue weighted by atomic mass is 9.82. The number of piperidine rings is 1. The number of nitrogens with two attached hydrogens (primary N) is 1. The van der Waals surface area contributed by atoms with Crippen molar-refractivity contribution < 1.29 is 4.79 Å². The molecule has 2 bridgehead atoms. The highest BCUT2D eigenvalue weighted by molar-refractivity contribution is 5.94. The second kappa shape index (κ2) is 8.32. The van der Waals surface area contributed by atoms with Gasteiger partial charge in [-0.15, -0.1) is 0 Å². The largest absolute Gasteiger partial charge is 0.366 e.